The molecular formula is C23H22N8O3S. The van der Waals surface area contributed by atoms with Gasteiger partial charge in [-0.3, -0.25) is 14.7 Å². The van der Waals surface area contributed by atoms with Crippen molar-refractivity contribution in [2.45, 2.75) is 0 Å². The van der Waals surface area contributed by atoms with E-state index in [1.165, 1.54) is 6.20 Å². The van der Waals surface area contributed by atoms with E-state index in [1.807, 2.05) is 12.1 Å². The van der Waals surface area contributed by atoms with Crippen LogP contribution in [0.15, 0.2) is 67.1 Å². The number of rotatable bonds is 7. The number of nitrogens with zero attached hydrogens (tertiary/aromatic N) is 6. The Morgan fingerprint density at radius 1 is 0.971 bits per heavy atom. The summed E-state index contributed by atoms with van der Waals surface area (Å²) in [5.41, 5.74) is 2.60. The van der Waals surface area contributed by atoms with Gasteiger partial charge in [-0.25, -0.2) is 23.4 Å². The average Bonchev–Trinajstić information content (AvgIpc) is 2.89. The van der Waals surface area contributed by atoms with Gasteiger partial charge >= 0.3 is 0 Å². The van der Waals surface area contributed by atoms with E-state index in [4.69, 9.17) is 4.74 Å². The first-order valence-electron chi connectivity index (χ1n) is 10.8. The van der Waals surface area contributed by atoms with Gasteiger partial charge in [0.2, 0.25) is 5.95 Å². The number of fused-ring (bicyclic) bond motifs is 1. The SMILES string of the molecule is C=CS(=O)(=O)Nc1ccnc(-c2nccc3cnc(Nc4ccc(N5CCOCC5)nc4)nc23)c1. The summed E-state index contributed by atoms with van der Waals surface area (Å²) < 4.78 is 31.5. The van der Waals surface area contributed by atoms with E-state index in [9.17, 15) is 8.42 Å². The van der Waals surface area contributed by atoms with Gasteiger partial charge in [-0.15, -0.1) is 0 Å². The Kier molecular flexibility index (Phi) is 6.21. The summed E-state index contributed by atoms with van der Waals surface area (Å²) >= 11 is 0. The molecule has 0 aliphatic carbocycles. The highest BCUT2D eigenvalue weighted by Gasteiger charge is 2.14. The van der Waals surface area contributed by atoms with Gasteiger partial charge in [0.15, 0.2) is 0 Å². The molecule has 1 fully saturated rings. The largest absolute Gasteiger partial charge is 0.378 e. The summed E-state index contributed by atoms with van der Waals surface area (Å²) in [5, 5.41) is 4.78. The molecule has 2 N–H and O–H groups in total. The Labute approximate surface area is 202 Å². The molecule has 0 saturated carbocycles. The molecule has 178 valence electrons. The third-order valence-corrected chi connectivity index (χ3v) is 6.28. The van der Waals surface area contributed by atoms with Crippen LogP contribution in [0.5, 0.6) is 0 Å². The van der Waals surface area contributed by atoms with E-state index in [2.05, 4.69) is 46.4 Å². The van der Waals surface area contributed by atoms with Crippen molar-refractivity contribution in [2.24, 2.45) is 0 Å². The Bertz CT molecular complexity index is 1470. The van der Waals surface area contributed by atoms with Crippen molar-refractivity contribution in [3.63, 3.8) is 0 Å². The highest BCUT2D eigenvalue weighted by molar-refractivity contribution is 7.95. The summed E-state index contributed by atoms with van der Waals surface area (Å²) in [4.78, 5) is 24.6. The number of aromatic nitrogens is 5. The first-order chi connectivity index (χ1) is 17.0. The first kappa shape index (κ1) is 22.6. The smallest absolute Gasteiger partial charge is 0.254 e. The fourth-order valence-electron chi connectivity index (χ4n) is 3.60. The molecule has 0 amide bonds. The van der Waals surface area contributed by atoms with Crippen LogP contribution in [0.3, 0.4) is 0 Å². The number of hydrogen-bond donors (Lipinski definition) is 2. The predicted molar refractivity (Wildman–Crippen MR) is 134 cm³/mol. The second kappa shape index (κ2) is 9.60. The third kappa shape index (κ3) is 5.18. The van der Waals surface area contributed by atoms with Crippen molar-refractivity contribution in [3.8, 4) is 11.4 Å². The predicted octanol–water partition coefficient (Wildman–Crippen LogP) is 2.95. The minimum Gasteiger partial charge on any atom is -0.378 e. The van der Waals surface area contributed by atoms with E-state index in [0.29, 0.717) is 41.8 Å². The van der Waals surface area contributed by atoms with Crippen molar-refractivity contribution < 1.29 is 13.2 Å². The summed E-state index contributed by atoms with van der Waals surface area (Å²) in [6.07, 6.45) is 6.55. The second-order valence-corrected chi connectivity index (χ2v) is 9.29. The number of anilines is 4. The van der Waals surface area contributed by atoms with E-state index in [1.54, 1.807) is 36.8 Å². The molecular weight excluding hydrogens is 468 g/mol. The van der Waals surface area contributed by atoms with E-state index in [0.717, 1.165) is 35.4 Å². The Balaban J connectivity index is 1.42. The standard InChI is InChI=1S/C23H22N8O3S/c1-2-35(32,33)30-17-6-8-24-19(13-17)22-21-16(5-7-25-22)14-27-23(29-21)28-18-3-4-20(26-15-18)31-9-11-34-12-10-31/h2-8,13-15H,1,9-12H2,(H,24,30)(H,27,28,29). The van der Waals surface area contributed by atoms with Crippen LogP contribution in [0.2, 0.25) is 0 Å². The maximum Gasteiger partial charge on any atom is 0.254 e. The van der Waals surface area contributed by atoms with Crippen LogP contribution in [-0.4, -0.2) is 59.6 Å². The van der Waals surface area contributed by atoms with Crippen molar-refractivity contribution in [1.82, 2.24) is 24.9 Å². The topological polar surface area (TPSA) is 135 Å². The number of morpholine rings is 1. The van der Waals surface area contributed by atoms with Crippen molar-refractivity contribution in [2.75, 3.05) is 41.2 Å². The van der Waals surface area contributed by atoms with Crippen LogP contribution in [0.4, 0.5) is 23.1 Å². The van der Waals surface area contributed by atoms with Crippen LogP contribution < -0.4 is 14.9 Å². The molecule has 0 atom stereocenters. The summed E-state index contributed by atoms with van der Waals surface area (Å²) in [6.45, 7) is 6.33. The van der Waals surface area contributed by atoms with Crippen molar-refractivity contribution in [3.05, 3.63) is 67.1 Å². The van der Waals surface area contributed by atoms with Gasteiger partial charge in [-0.1, -0.05) is 6.58 Å². The average molecular weight is 491 g/mol. The zero-order chi connectivity index (χ0) is 24.3. The molecule has 0 aromatic carbocycles. The molecule has 1 aliphatic heterocycles. The molecule has 35 heavy (non-hydrogen) atoms. The van der Waals surface area contributed by atoms with Crippen molar-refractivity contribution >= 4 is 44.1 Å². The molecule has 0 spiro atoms. The molecule has 12 heteroatoms. The molecule has 0 unspecified atom stereocenters. The lowest BCUT2D eigenvalue weighted by atomic mass is 10.2. The number of pyridine rings is 3. The third-order valence-electron chi connectivity index (χ3n) is 5.32. The minimum atomic E-state index is -3.65. The molecule has 11 nitrogen and oxygen atoms in total. The summed E-state index contributed by atoms with van der Waals surface area (Å²) in [6, 6.07) is 8.80. The zero-order valence-corrected chi connectivity index (χ0v) is 19.4. The van der Waals surface area contributed by atoms with Crippen LogP contribution in [0, 0.1) is 0 Å². The molecule has 1 aliphatic rings. The molecule has 5 heterocycles. The fourth-order valence-corrected chi connectivity index (χ4v) is 4.14. The number of nitrogens with one attached hydrogen (secondary N) is 2. The van der Waals surface area contributed by atoms with Gasteiger partial charge in [0.05, 0.1) is 36.5 Å². The van der Waals surface area contributed by atoms with Gasteiger partial charge in [-0.2, -0.15) is 0 Å². The van der Waals surface area contributed by atoms with Gasteiger partial charge < -0.3 is 15.0 Å². The van der Waals surface area contributed by atoms with E-state index in [-0.39, 0.29) is 0 Å². The van der Waals surface area contributed by atoms with Crippen LogP contribution in [-0.2, 0) is 14.8 Å². The molecule has 4 aromatic rings. The maximum absolute atomic E-state index is 11.9. The lowest BCUT2D eigenvalue weighted by molar-refractivity contribution is 0.122. The Morgan fingerprint density at radius 2 is 1.80 bits per heavy atom. The van der Waals surface area contributed by atoms with E-state index >= 15 is 0 Å². The lowest BCUT2D eigenvalue weighted by Gasteiger charge is -2.27. The van der Waals surface area contributed by atoms with Crippen LogP contribution in [0.25, 0.3) is 22.3 Å². The maximum atomic E-state index is 11.9. The first-order valence-corrected chi connectivity index (χ1v) is 12.3. The van der Waals surface area contributed by atoms with Crippen molar-refractivity contribution in [1.29, 1.82) is 0 Å². The molecule has 0 bridgehead atoms. The van der Waals surface area contributed by atoms with Crippen LogP contribution in [0.1, 0.15) is 0 Å². The normalized spacial score (nSPS) is 14.0. The number of hydrogen-bond acceptors (Lipinski definition) is 10. The van der Waals surface area contributed by atoms with Gasteiger partial charge in [0.25, 0.3) is 10.0 Å². The highest BCUT2D eigenvalue weighted by Crippen LogP contribution is 2.27. The summed E-state index contributed by atoms with van der Waals surface area (Å²) in [5.74, 6) is 1.26. The van der Waals surface area contributed by atoms with E-state index < -0.39 is 10.0 Å². The fraction of sp³-hybridized carbons (Fsp3) is 0.174. The Morgan fingerprint density at radius 3 is 2.57 bits per heavy atom. The minimum absolute atomic E-state index is 0.340. The van der Waals surface area contributed by atoms with Gasteiger partial charge in [0.1, 0.15) is 17.0 Å². The second-order valence-electron chi connectivity index (χ2n) is 7.66. The number of sulfonamides is 1. The zero-order valence-electron chi connectivity index (χ0n) is 18.6. The lowest BCUT2D eigenvalue weighted by Crippen LogP contribution is -2.36. The van der Waals surface area contributed by atoms with Gasteiger partial charge in [0, 0.05) is 42.5 Å². The molecule has 0 radical (unpaired) electrons. The monoisotopic (exact) mass is 490 g/mol. The summed E-state index contributed by atoms with van der Waals surface area (Å²) in [7, 11) is -3.65. The quantitative estimate of drug-likeness (QED) is 0.398. The molecule has 1 saturated heterocycles. The Hall–Kier alpha value is -4.16. The van der Waals surface area contributed by atoms with Gasteiger partial charge in [-0.05, 0) is 30.3 Å². The molecule has 4 aromatic heterocycles. The molecule has 5 rings (SSSR count). The highest BCUT2D eigenvalue weighted by atomic mass is 32.2. The number of ether oxygens (including phenoxy) is 1. The van der Waals surface area contributed by atoms with Crippen LogP contribution >= 0.6 is 0 Å².